The van der Waals surface area contributed by atoms with Crippen molar-refractivity contribution in [3.8, 4) is 33.6 Å². The van der Waals surface area contributed by atoms with Crippen LogP contribution in [0.15, 0.2) is 109 Å². The molecule has 0 bridgehead atoms. The van der Waals surface area contributed by atoms with E-state index in [1.165, 1.54) is 9.80 Å². The third-order valence-electron chi connectivity index (χ3n) is 11.8. The summed E-state index contributed by atoms with van der Waals surface area (Å²) < 4.78 is 0. The number of carbonyl (C=O) groups excluding carboxylic acids is 2. The van der Waals surface area contributed by atoms with E-state index in [1.807, 2.05) is 50.2 Å². The lowest BCUT2D eigenvalue weighted by molar-refractivity contribution is -0.135. The molecule has 2 saturated heterocycles. The number of likely N-dealkylation sites (tertiary alicyclic amines) is 2. The molecule has 0 saturated carbocycles. The van der Waals surface area contributed by atoms with Crippen molar-refractivity contribution in [1.29, 1.82) is 0 Å². The molecular formula is C46H46N8O8. The van der Waals surface area contributed by atoms with E-state index in [2.05, 4.69) is 30.6 Å². The molecule has 62 heavy (non-hydrogen) atoms. The van der Waals surface area contributed by atoms with Crippen LogP contribution in [0.25, 0.3) is 33.6 Å². The quantitative estimate of drug-likeness (QED) is 0.0753. The Labute approximate surface area is 356 Å². The monoisotopic (exact) mass is 838 g/mol. The lowest BCUT2D eigenvalue weighted by Crippen LogP contribution is -2.43. The van der Waals surface area contributed by atoms with E-state index < -0.39 is 60.4 Å². The Kier molecular flexibility index (Phi) is 11.6. The maximum atomic E-state index is 13.9. The number of aliphatic hydroxyl groups is 2. The highest BCUT2D eigenvalue weighted by molar-refractivity contribution is 5.88. The second-order valence-electron chi connectivity index (χ2n) is 15.7. The number of aliphatic hydroxyl groups excluding tert-OH is 2. The number of rotatable bonds is 11. The van der Waals surface area contributed by atoms with Gasteiger partial charge in [0.05, 0.1) is 48.1 Å². The minimum absolute atomic E-state index is 0.0330. The molecule has 0 unspecified atom stereocenters. The molecule has 6 aromatic rings. The van der Waals surface area contributed by atoms with Crippen molar-refractivity contribution in [1.82, 2.24) is 40.4 Å². The maximum Gasteiger partial charge on any atom is 0.405 e. The number of nitrogens with zero attached hydrogens (tertiary/aromatic N) is 4. The lowest BCUT2D eigenvalue weighted by Gasteiger charge is -2.28. The number of hydrogen-bond donors (Lipinski definition) is 8. The summed E-state index contributed by atoms with van der Waals surface area (Å²) in [5.74, 6) is 0.00452. The number of β-amino-alcohol motifs (C(OH)–C–C–N with tert-alkyl or cyclic N) is 2. The van der Waals surface area contributed by atoms with Gasteiger partial charge < -0.3 is 50.8 Å². The summed E-state index contributed by atoms with van der Waals surface area (Å²) in [6.45, 7) is 4.14. The van der Waals surface area contributed by atoms with Gasteiger partial charge in [0, 0.05) is 31.5 Å². The minimum Gasteiger partial charge on any atom is -0.465 e. The SMILES string of the molecule is Cc1c(-c2ccc(-c3cnc([C@@H]4C[C@@H](O)CN4C(=O)[C@H](NC(=O)O)c4ccccc4)[nH]3)cc2)ccc(-c2cnc([C@@H]3C[C@@H](O)CN3C(=O)[C@H](NC(=O)O)c3ccccc3)[nH]2)c1C. The molecule has 8 rings (SSSR count). The Morgan fingerprint density at radius 3 is 1.50 bits per heavy atom. The fraction of sp³-hybridized carbons (Fsp3) is 0.261. The molecule has 6 atom stereocenters. The second kappa shape index (κ2) is 17.4. The first-order valence-electron chi connectivity index (χ1n) is 20.2. The number of benzene rings is 4. The number of carbonyl (C=O) groups is 4. The lowest BCUT2D eigenvalue weighted by atomic mass is 9.92. The molecule has 2 aliphatic heterocycles. The second-order valence-corrected chi connectivity index (χ2v) is 15.7. The Hall–Kier alpha value is -7.30. The zero-order chi connectivity index (χ0) is 43.7. The van der Waals surface area contributed by atoms with Gasteiger partial charge in [-0.25, -0.2) is 19.6 Å². The molecule has 2 fully saturated rings. The molecule has 0 radical (unpaired) electrons. The number of amides is 4. The number of carboxylic acid groups (broad SMARTS) is 2. The van der Waals surface area contributed by atoms with Gasteiger partial charge in [-0.2, -0.15) is 0 Å². The Morgan fingerprint density at radius 1 is 0.597 bits per heavy atom. The zero-order valence-corrected chi connectivity index (χ0v) is 33.9. The van der Waals surface area contributed by atoms with Crippen molar-refractivity contribution in [2.24, 2.45) is 0 Å². The topological polar surface area (TPSA) is 237 Å². The molecule has 2 aliphatic rings. The normalized spacial score (nSPS) is 19.5. The fourth-order valence-corrected chi connectivity index (χ4v) is 8.63. The van der Waals surface area contributed by atoms with Crippen LogP contribution in [0.5, 0.6) is 0 Å². The van der Waals surface area contributed by atoms with Crippen LogP contribution in [-0.2, 0) is 9.59 Å². The van der Waals surface area contributed by atoms with Crippen molar-refractivity contribution in [2.75, 3.05) is 13.1 Å². The van der Waals surface area contributed by atoms with Gasteiger partial charge in [0.25, 0.3) is 11.8 Å². The first-order chi connectivity index (χ1) is 29.9. The van der Waals surface area contributed by atoms with E-state index in [0.717, 1.165) is 39.1 Å². The molecule has 0 aliphatic carbocycles. The van der Waals surface area contributed by atoms with E-state index in [9.17, 15) is 39.6 Å². The van der Waals surface area contributed by atoms with Crippen molar-refractivity contribution >= 4 is 24.0 Å². The van der Waals surface area contributed by atoms with Crippen LogP contribution in [0.4, 0.5) is 9.59 Å². The summed E-state index contributed by atoms with van der Waals surface area (Å²) in [5, 5.41) is 45.0. The Balaban J connectivity index is 0.983. The van der Waals surface area contributed by atoms with Gasteiger partial charge in [-0.1, -0.05) is 97.1 Å². The highest BCUT2D eigenvalue weighted by atomic mass is 16.4. The largest absolute Gasteiger partial charge is 0.465 e. The molecule has 0 spiro atoms. The van der Waals surface area contributed by atoms with E-state index in [4.69, 9.17) is 0 Å². The molecule has 2 aromatic heterocycles. The van der Waals surface area contributed by atoms with Crippen LogP contribution in [0.3, 0.4) is 0 Å². The summed E-state index contributed by atoms with van der Waals surface area (Å²) in [5.41, 5.74) is 8.26. The summed E-state index contributed by atoms with van der Waals surface area (Å²) in [7, 11) is 0. The first-order valence-corrected chi connectivity index (χ1v) is 20.2. The smallest absolute Gasteiger partial charge is 0.405 e. The molecule has 4 aromatic carbocycles. The van der Waals surface area contributed by atoms with Crippen LogP contribution < -0.4 is 10.6 Å². The van der Waals surface area contributed by atoms with E-state index in [0.29, 0.717) is 28.5 Å². The average molecular weight is 839 g/mol. The van der Waals surface area contributed by atoms with Crippen molar-refractivity contribution in [2.45, 2.75) is 63.1 Å². The highest BCUT2D eigenvalue weighted by Crippen LogP contribution is 2.38. The van der Waals surface area contributed by atoms with Crippen molar-refractivity contribution in [3.05, 3.63) is 143 Å². The van der Waals surface area contributed by atoms with Gasteiger partial charge in [-0.05, 0) is 52.8 Å². The van der Waals surface area contributed by atoms with Crippen LogP contribution in [0, 0.1) is 13.8 Å². The van der Waals surface area contributed by atoms with Gasteiger partial charge in [-0.15, -0.1) is 0 Å². The average Bonchev–Trinajstić information content (AvgIpc) is 4.10. The minimum atomic E-state index is -1.34. The molecule has 4 heterocycles. The molecule has 8 N–H and O–H groups in total. The summed E-state index contributed by atoms with van der Waals surface area (Å²) in [4.78, 5) is 69.9. The third-order valence-corrected chi connectivity index (χ3v) is 11.8. The van der Waals surface area contributed by atoms with Crippen LogP contribution in [-0.4, -0.2) is 99.5 Å². The number of hydrogen-bond acceptors (Lipinski definition) is 8. The number of aromatic nitrogens is 4. The summed E-state index contributed by atoms with van der Waals surface area (Å²) >= 11 is 0. The van der Waals surface area contributed by atoms with Crippen molar-refractivity contribution in [3.63, 3.8) is 0 Å². The zero-order valence-electron chi connectivity index (χ0n) is 33.9. The summed E-state index contributed by atoms with van der Waals surface area (Å²) in [6, 6.07) is 25.7. The maximum absolute atomic E-state index is 13.9. The van der Waals surface area contributed by atoms with Crippen LogP contribution in [0.1, 0.15) is 70.9 Å². The van der Waals surface area contributed by atoms with Crippen LogP contribution >= 0.6 is 0 Å². The molecular weight excluding hydrogens is 793 g/mol. The molecule has 16 nitrogen and oxygen atoms in total. The standard InChI is InChI=1S/C46H46N8O8/c1-25-26(2)34(36-22-48-42(50-36)38-20-32(56)24-54(38)44(58)40(52-46(61)62)30-11-7-4-8-12-30)18-17-33(25)27-13-15-28(16-14-27)35-21-47-41(49-35)37-19-31(55)23-53(37)43(57)39(51-45(59)60)29-9-5-3-6-10-29/h3-18,21-22,31-32,37-40,51-52,55-56H,19-20,23-24H2,1-2H3,(H,47,49)(H,48,50)(H,59,60)(H,61,62)/t31-,32-,37+,38+,39-,40-/m1/s1. The van der Waals surface area contributed by atoms with E-state index >= 15 is 0 Å². The molecule has 16 heteroatoms. The van der Waals surface area contributed by atoms with Crippen LogP contribution in [0.2, 0.25) is 0 Å². The highest BCUT2D eigenvalue weighted by Gasteiger charge is 2.42. The Bertz CT molecular complexity index is 2600. The van der Waals surface area contributed by atoms with Gasteiger partial charge >= 0.3 is 12.2 Å². The van der Waals surface area contributed by atoms with E-state index in [1.54, 1.807) is 73.1 Å². The predicted octanol–water partition coefficient (Wildman–Crippen LogP) is 6.04. The number of aromatic amines is 2. The number of imidazole rings is 2. The number of nitrogens with one attached hydrogen (secondary N) is 4. The predicted molar refractivity (Wildman–Crippen MR) is 227 cm³/mol. The molecule has 4 amide bonds. The van der Waals surface area contributed by atoms with Crippen molar-refractivity contribution < 1.29 is 39.6 Å². The summed E-state index contributed by atoms with van der Waals surface area (Å²) in [6.07, 6.45) is -0.423. The van der Waals surface area contributed by atoms with Gasteiger partial charge in [0.15, 0.2) is 0 Å². The van der Waals surface area contributed by atoms with Gasteiger partial charge in [0.2, 0.25) is 0 Å². The van der Waals surface area contributed by atoms with Gasteiger partial charge in [0.1, 0.15) is 23.7 Å². The third kappa shape index (κ3) is 8.37. The fourth-order valence-electron chi connectivity index (χ4n) is 8.63. The Morgan fingerprint density at radius 2 is 1.02 bits per heavy atom. The van der Waals surface area contributed by atoms with E-state index in [-0.39, 0.29) is 25.9 Å². The first kappa shape index (κ1) is 41.4. The number of H-pyrrole nitrogens is 2. The van der Waals surface area contributed by atoms with Gasteiger partial charge in [-0.3, -0.25) is 9.59 Å². The molecule has 318 valence electrons.